The van der Waals surface area contributed by atoms with E-state index in [2.05, 4.69) is 15.5 Å². The molecule has 0 aromatic carbocycles. The van der Waals surface area contributed by atoms with Crippen LogP contribution in [0.5, 0.6) is 0 Å². The SMILES string of the molecule is C[C@H]1C(=O)NCCN1C(=O)NC1CCN(CC2CCCCC2)CC1. The quantitative estimate of drug-likeness (QED) is 0.822. The highest BCUT2D eigenvalue weighted by Crippen LogP contribution is 2.25. The Kier molecular flexibility index (Phi) is 5.98. The first kappa shape index (κ1) is 17.5. The van der Waals surface area contributed by atoms with Gasteiger partial charge in [-0.3, -0.25) is 4.79 Å². The van der Waals surface area contributed by atoms with Crippen LogP contribution in [0.1, 0.15) is 51.9 Å². The van der Waals surface area contributed by atoms with Gasteiger partial charge >= 0.3 is 6.03 Å². The average molecular weight is 336 g/mol. The zero-order valence-electron chi connectivity index (χ0n) is 14.9. The highest BCUT2D eigenvalue weighted by atomic mass is 16.2. The summed E-state index contributed by atoms with van der Waals surface area (Å²) in [5.74, 6) is 0.830. The van der Waals surface area contributed by atoms with Crippen molar-refractivity contribution in [2.24, 2.45) is 5.92 Å². The molecule has 136 valence electrons. The number of rotatable bonds is 3. The molecule has 3 fully saturated rings. The van der Waals surface area contributed by atoms with Crippen molar-refractivity contribution in [2.45, 2.75) is 64.0 Å². The average Bonchev–Trinajstić information content (AvgIpc) is 2.60. The van der Waals surface area contributed by atoms with Crippen LogP contribution in [-0.2, 0) is 4.79 Å². The zero-order valence-corrected chi connectivity index (χ0v) is 14.9. The van der Waals surface area contributed by atoms with Crippen molar-refractivity contribution in [3.8, 4) is 0 Å². The fourth-order valence-electron chi connectivity index (χ4n) is 4.31. The van der Waals surface area contributed by atoms with E-state index in [1.807, 2.05) is 0 Å². The first-order valence-electron chi connectivity index (χ1n) is 9.70. The van der Waals surface area contributed by atoms with Gasteiger partial charge in [-0.15, -0.1) is 0 Å². The van der Waals surface area contributed by atoms with Gasteiger partial charge in [0, 0.05) is 38.8 Å². The number of carbonyl (C=O) groups excluding carboxylic acids is 2. The fraction of sp³-hybridized carbons (Fsp3) is 0.889. The maximum absolute atomic E-state index is 12.4. The Balaban J connectivity index is 1.40. The molecule has 3 amide bonds. The van der Waals surface area contributed by atoms with Crippen LogP contribution < -0.4 is 10.6 Å². The van der Waals surface area contributed by atoms with Crippen LogP contribution in [0.2, 0.25) is 0 Å². The van der Waals surface area contributed by atoms with Crippen LogP contribution in [0.4, 0.5) is 4.79 Å². The smallest absolute Gasteiger partial charge is 0.318 e. The van der Waals surface area contributed by atoms with Gasteiger partial charge in [0.25, 0.3) is 0 Å². The molecule has 6 nitrogen and oxygen atoms in total. The lowest BCUT2D eigenvalue weighted by Gasteiger charge is -2.38. The van der Waals surface area contributed by atoms with Gasteiger partial charge in [-0.05, 0) is 38.5 Å². The second-order valence-corrected chi connectivity index (χ2v) is 7.69. The largest absolute Gasteiger partial charge is 0.353 e. The normalized spacial score (nSPS) is 27.8. The van der Waals surface area contributed by atoms with E-state index in [1.165, 1.54) is 38.6 Å². The molecule has 24 heavy (non-hydrogen) atoms. The van der Waals surface area contributed by atoms with Crippen LogP contribution in [0.3, 0.4) is 0 Å². The van der Waals surface area contributed by atoms with Gasteiger partial charge in [0.05, 0.1) is 0 Å². The number of amides is 3. The van der Waals surface area contributed by atoms with E-state index in [1.54, 1.807) is 11.8 Å². The summed E-state index contributed by atoms with van der Waals surface area (Å²) in [7, 11) is 0. The molecule has 0 radical (unpaired) electrons. The van der Waals surface area contributed by atoms with Crippen LogP contribution in [-0.4, -0.2) is 66.5 Å². The van der Waals surface area contributed by atoms with E-state index >= 15 is 0 Å². The molecule has 1 atom stereocenters. The summed E-state index contributed by atoms with van der Waals surface area (Å²) in [5, 5.41) is 5.94. The maximum atomic E-state index is 12.4. The summed E-state index contributed by atoms with van der Waals surface area (Å²) in [6, 6.07) is -0.203. The lowest BCUT2D eigenvalue weighted by atomic mass is 9.88. The van der Waals surface area contributed by atoms with Crippen molar-refractivity contribution in [2.75, 3.05) is 32.7 Å². The lowest BCUT2D eigenvalue weighted by molar-refractivity contribution is -0.126. The first-order valence-corrected chi connectivity index (χ1v) is 9.70. The third kappa shape index (κ3) is 4.41. The first-order chi connectivity index (χ1) is 11.6. The van der Waals surface area contributed by atoms with Crippen molar-refractivity contribution < 1.29 is 9.59 Å². The summed E-state index contributed by atoms with van der Waals surface area (Å²) in [5.41, 5.74) is 0. The standard InChI is InChI=1S/C18H32N4O2/c1-14-17(23)19-9-12-22(14)18(24)20-16-7-10-21(11-8-16)13-15-5-3-2-4-6-15/h14-16H,2-13H2,1H3,(H,19,23)(H,20,24)/t14-/m0/s1. The molecule has 2 N–H and O–H groups in total. The predicted octanol–water partition coefficient (Wildman–Crippen LogP) is 1.56. The van der Waals surface area contributed by atoms with E-state index < -0.39 is 0 Å². The van der Waals surface area contributed by atoms with E-state index in [9.17, 15) is 9.59 Å². The Bertz CT molecular complexity index is 442. The zero-order chi connectivity index (χ0) is 16.9. The van der Waals surface area contributed by atoms with Crippen LogP contribution in [0.15, 0.2) is 0 Å². The van der Waals surface area contributed by atoms with Crippen molar-refractivity contribution in [1.82, 2.24) is 20.4 Å². The van der Waals surface area contributed by atoms with Crippen molar-refractivity contribution >= 4 is 11.9 Å². The molecule has 1 aliphatic carbocycles. The Hall–Kier alpha value is -1.30. The minimum Gasteiger partial charge on any atom is -0.353 e. The summed E-state index contributed by atoms with van der Waals surface area (Å²) in [4.78, 5) is 28.4. The minimum absolute atomic E-state index is 0.0568. The Labute approximate surface area is 145 Å². The van der Waals surface area contributed by atoms with Gasteiger partial charge in [0.2, 0.25) is 5.91 Å². The minimum atomic E-state index is -0.370. The number of nitrogens with one attached hydrogen (secondary N) is 2. The summed E-state index contributed by atoms with van der Waals surface area (Å²) >= 11 is 0. The Morgan fingerprint density at radius 3 is 2.54 bits per heavy atom. The van der Waals surface area contributed by atoms with Crippen molar-refractivity contribution in [3.63, 3.8) is 0 Å². The van der Waals surface area contributed by atoms with Gasteiger partial charge in [-0.25, -0.2) is 4.79 Å². The number of urea groups is 1. The maximum Gasteiger partial charge on any atom is 0.318 e. The molecule has 2 saturated heterocycles. The van der Waals surface area contributed by atoms with Crippen LogP contribution >= 0.6 is 0 Å². The van der Waals surface area contributed by atoms with Crippen molar-refractivity contribution in [3.05, 3.63) is 0 Å². The number of hydrogen-bond donors (Lipinski definition) is 2. The third-order valence-corrected chi connectivity index (χ3v) is 5.92. The molecule has 2 heterocycles. The number of nitrogens with zero attached hydrogens (tertiary/aromatic N) is 2. The number of carbonyl (C=O) groups is 2. The Morgan fingerprint density at radius 1 is 1.12 bits per heavy atom. The molecule has 3 rings (SSSR count). The van der Waals surface area contributed by atoms with Gasteiger partial charge in [-0.2, -0.15) is 0 Å². The van der Waals surface area contributed by atoms with Gasteiger partial charge in [0.15, 0.2) is 0 Å². The molecular formula is C18H32N4O2. The molecule has 0 aromatic heterocycles. The molecular weight excluding hydrogens is 304 g/mol. The molecule has 0 spiro atoms. The van der Waals surface area contributed by atoms with Crippen molar-refractivity contribution in [1.29, 1.82) is 0 Å². The second-order valence-electron chi connectivity index (χ2n) is 7.69. The lowest BCUT2D eigenvalue weighted by Crippen LogP contribution is -2.60. The molecule has 3 aliphatic rings. The summed E-state index contributed by atoms with van der Waals surface area (Å²) in [6.07, 6.45) is 9.05. The molecule has 6 heteroatoms. The Morgan fingerprint density at radius 2 is 1.83 bits per heavy atom. The van der Waals surface area contributed by atoms with Gasteiger partial charge in [-0.1, -0.05) is 19.3 Å². The molecule has 0 aromatic rings. The van der Waals surface area contributed by atoms with Crippen LogP contribution in [0.25, 0.3) is 0 Å². The van der Waals surface area contributed by atoms with E-state index in [0.717, 1.165) is 31.8 Å². The highest BCUT2D eigenvalue weighted by molar-refractivity contribution is 5.87. The van der Waals surface area contributed by atoms with E-state index in [4.69, 9.17) is 0 Å². The number of hydrogen-bond acceptors (Lipinski definition) is 3. The fourth-order valence-corrected chi connectivity index (χ4v) is 4.31. The summed E-state index contributed by atoms with van der Waals surface area (Å²) in [6.45, 7) is 6.34. The van der Waals surface area contributed by atoms with Gasteiger partial charge in [0.1, 0.15) is 6.04 Å². The summed E-state index contributed by atoms with van der Waals surface area (Å²) < 4.78 is 0. The van der Waals surface area contributed by atoms with E-state index in [-0.39, 0.29) is 24.0 Å². The van der Waals surface area contributed by atoms with E-state index in [0.29, 0.717) is 13.1 Å². The molecule has 2 aliphatic heterocycles. The second kappa shape index (κ2) is 8.19. The highest BCUT2D eigenvalue weighted by Gasteiger charge is 2.31. The molecule has 0 bridgehead atoms. The van der Waals surface area contributed by atoms with Crippen LogP contribution in [0, 0.1) is 5.92 Å². The number of piperidine rings is 1. The number of likely N-dealkylation sites (tertiary alicyclic amines) is 1. The topological polar surface area (TPSA) is 64.7 Å². The predicted molar refractivity (Wildman–Crippen MR) is 93.7 cm³/mol. The number of piperazine rings is 1. The molecule has 0 unspecified atom stereocenters. The molecule has 1 saturated carbocycles. The monoisotopic (exact) mass is 336 g/mol. The third-order valence-electron chi connectivity index (χ3n) is 5.92. The van der Waals surface area contributed by atoms with Gasteiger partial charge < -0.3 is 20.4 Å².